The van der Waals surface area contributed by atoms with E-state index in [-0.39, 0.29) is 17.9 Å². The van der Waals surface area contributed by atoms with Gasteiger partial charge in [-0.2, -0.15) is 0 Å². The number of rotatable bonds is 7. The van der Waals surface area contributed by atoms with Crippen molar-refractivity contribution in [1.82, 2.24) is 5.32 Å². The van der Waals surface area contributed by atoms with Crippen LogP contribution in [-0.4, -0.2) is 30.2 Å². The summed E-state index contributed by atoms with van der Waals surface area (Å²) in [5, 5.41) is 11.8. The molecule has 0 aromatic carbocycles. The number of aliphatic hydroxyl groups excluding tert-OH is 1. The van der Waals surface area contributed by atoms with Crippen LogP contribution in [0.25, 0.3) is 0 Å². The number of carbonyl (C=O) groups excluding carboxylic acids is 1. The van der Waals surface area contributed by atoms with Crippen LogP contribution in [0.1, 0.15) is 33.1 Å². The van der Waals surface area contributed by atoms with E-state index >= 15 is 0 Å². The van der Waals surface area contributed by atoms with E-state index in [2.05, 4.69) is 5.32 Å². The molecule has 0 saturated carbocycles. The minimum Gasteiger partial charge on any atom is -0.393 e. The van der Waals surface area contributed by atoms with Gasteiger partial charge in [-0.05, 0) is 32.2 Å². The van der Waals surface area contributed by atoms with Gasteiger partial charge in [-0.1, -0.05) is 6.92 Å². The first kappa shape index (κ1) is 13.4. The van der Waals surface area contributed by atoms with Gasteiger partial charge in [0, 0.05) is 13.0 Å². The normalized spacial score (nSPS) is 14.9. The Balaban J connectivity index is 3.36. The average molecular weight is 202 g/mol. The lowest BCUT2D eigenvalue weighted by atomic mass is 10.1. The molecule has 84 valence electrons. The SMILES string of the molecule is CC(O)CCCNC(=O)CC(C)CN. The van der Waals surface area contributed by atoms with E-state index in [0.717, 1.165) is 12.8 Å². The summed E-state index contributed by atoms with van der Waals surface area (Å²) < 4.78 is 0. The van der Waals surface area contributed by atoms with E-state index in [1.54, 1.807) is 6.92 Å². The first-order valence-electron chi connectivity index (χ1n) is 5.21. The molecule has 4 N–H and O–H groups in total. The van der Waals surface area contributed by atoms with Crippen molar-refractivity contribution in [2.75, 3.05) is 13.1 Å². The van der Waals surface area contributed by atoms with Crippen LogP contribution in [-0.2, 0) is 4.79 Å². The molecule has 0 bridgehead atoms. The van der Waals surface area contributed by atoms with Crippen LogP contribution in [0.4, 0.5) is 0 Å². The molecule has 4 nitrogen and oxygen atoms in total. The van der Waals surface area contributed by atoms with Crippen LogP contribution >= 0.6 is 0 Å². The maximum absolute atomic E-state index is 11.2. The summed E-state index contributed by atoms with van der Waals surface area (Å²) >= 11 is 0. The van der Waals surface area contributed by atoms with E-state index < -0.39 is 0 Å². The Labute approximate surface area is 85.9 Å². The largest absolute Gasteiger partial charge is 0.393 e. The van der Waals surface area contributed by atoms with Crippen LogP contribution < -0.4 is 11.1 Å². The minimum absolute atomic E-state index is 0.0496. The molecule has 4 heteroatoms. The fraction of sp³-hybridized carbons (Fsp3) is 0.900. The lowest BCUT2D eigenvalue weighted by Gasteiger charge is -2.09. The molecule has 0 fully saturated rings. The predicted octanol–water partition coefficient (Wildman–Crippen LogP) is 0.249. The minimum atomic E-state index is -0.283. The zero-order chi connectivity index (χ0) is 11.0. The van der Waals surface area contributed by atoms with Gasteiger partial charge >= 0.3 is 0 Å². The molecule has 2 atom stereocenters. The lowest BCUT2D eigenvalue weighted by molar-refractivity contribution is -0.121. The van der Waals surface area contributed by atoms with Gasteiger partial charge in [0.05, 0.1) is 6.10 Å². The molecular formula is C10H22N2O2. The zero-order valence-electron chi connectivity index (χ0n) is 9.12. The fourth-order valence-electron chi connectivity index (χ4n) is 1.10. The average Bonchev–Trinajstić information content (AvgIpc) is 2.12. The van der Waals surface area contributed by atoms with Gasteiger partial charge in [0.25, 0.3) is 0 Å². The first-order chi connectivity index (χ1) is 6.56. The van der Waals surface area contributed by atoms with Crippen LogP contribution in [0.3, 0.4) is 0 Å². The third-order valence-electron chi connectivity index (χ3n) is 2.06. The first-order valence-corrected chi connectivity index (χ1v) is 5.21. The molecule has 0 heterocycles. The third-order valence-corrected chi connectivity index (χ3v) is 2.06. The van der Waals surface area contributed by atoms with Gasteiger partial charge < -0.3 is 16.2 Å². The van der Waals surface area contributed by atoms with Gasteiger partial charge in [0.2, 0.25) is 5.91 Å². The Bertz CT molecular complexity index is 160. The summed E-state index contributed by atoms with van der Waals surface area (Å²) in [7, 11) is 0. The summed E-state index contributed by atoms with van der Waals surface area (Å²) in [4.78, 5) is 11.2. The van der Waals surface area contributed by atoms with E-state index in [1.807, 2.05) is 6.92 Å². The van der Waals surface area contributed by atoms with Crippen molar-refractivity contribution < 1.29 is 9.90 Å². The Kier molecular flexibility index (Phi) is 7.42. The Morgan fingerprint density at radius 2 is 2.14 bits per heavy atom. The van der Waals surface area contributed by atoms with Crippen molar-refractivity contribution >= 4 is 5.91 Å². The highest BCUT2D eigenvalue weighted by Crippen LogP contribution is 1.98. The van der Waals surface area contributed by atoms with Gasteiger partial charge in [0.15, 0.2) is 0 Å². The second-order valence-corrected chi connectivity index (χ2v) is 3.89. The van der Waals surface area contributed by atoms with Crippen molar-refractivity contribution in [3.8, 4) is 0 Å². The number of hydrogen-bond acceptors (Lipinski definition) is 3. The Hall–Kier alpha value is -0.610. The monoisotopic (exact) mass is 202 g/mol. The standard InChI is InChI=1S/C10H22N2O2/c1-8(7-11)6-10(14)12-5-3-4-9(2)13/h8-9,13H,3-7,11H2,1-2H3,(H,12,14). The Morgan fingerprint density at radius 3 is 2.64 bits per heavy atom. The van der Waals surface area contributed by atoms with Crippen molar-refractivity contribution in [3.63, 3.8) is 0 Å². The molecule has 2 unspecified atom stereocenters. The zero-order valence-corrected chi connectivity index (χ0v) is 9.12. The summed E-state index contributed by atoms with van der Waals surface area (Å²) in [5.41, 5.74) is 5.40. The number of carbonyl (C=O) groups is 1. The molecule has 0 saturated heterocycles. The van der Waals surface area contributed by atoms with Crippen molar-refractivity contribution in [2.24, 2.45) is 11.7 Å². The van der Waals surface area contributed by atoms with Crippen molar-refractivity contribution in [2.45, 2.75) is 39.2 Å². The van der Waals surface area contributed by atoms with E-state index in [0.29, 0.717) is 19.5 Å². The van der Waals surface area contributed by atoms with Crippen molar-refractivity contribution in [1.29, 1.82) is 0 Å². The van der Waals surface area contributed by atoms with Gasteiger partial charge in [0.1, 0.15) is 0 Å². The van der Waals surface area contributed by atoms with E-state index in [4.69, 9.17) is 10.8 Å². The molecule has 0 aromatic rings. The highest BCUT2D eigenvalue weighted by Gasteiger charge is 2.06. The molecular weight excluding hydrogens is 180 g/mol. The predicted molar refractivity (Wildman–Crippen MR) is 56.8 cm³/mol. The second-order valence-electron chi connectivity index (χ2n) is 3.89. The number of hydrogen-bond donors (Lipinski definition) is 3. The molecule has 0 aromatic heterocycles. The summed E-state index contributed by atoms with van der Waals surface area (Å²) in [6, 6.07) is 0. The van der Waals surface area contributed by atoms with Crippen LogP contribution in [0.2, 0.25) is 0 Å². The van der Waals surface area contributed by atoms with Crippen molar-refractivity contribution in [3.05, 3.63) is 0 Å². The quantitative estimate of drug-likeness (QED) is 0.518. The molecule has 0 spiro atoms. The van der Waals surface area contributed by atoms with Crippen LogP contribution in [0, 0.1) is 5.92 Å². The number of aliphatic hydroxyl groups is 1. The molecule has 1 amide bonds. The van der Waals surface area contributed by atoms with E-state index in [1.165, 1.54) is 0 Å². The fourth-order valence-corrected chi connectivity index (χ4v) is 1.10. The molecule has 0 radical (unpaired) electrons. The van der Waals surface area contributed by atoms with Gasteiger partial charge in [-0.15, -0.1) is 0 Å². The second kappa shape index (κ2) is 7.76. The van der Waals surface area contributed by atoms with Crippen LogP contribution in [0.5, 0.6) is 0 Å². The van der Waals surface area contributed by atoms with Gasteiger partial charge in [-0.3, -0.25) is 4.79 Å². The number of nitrogens with one attached hydrogen (secondary N) is 1. The highest BCUT2D eigenvalue weighted by molar-refractivity contribution is 5.76. The molecule has 0 rings (SSSR count). The maximum atomic E-state index is 11.2. The smallest absolute Gasteiger partial charge is 0.220 e. The summed E-state index contributed by atoms with van der Waals surface area (Å²) in [6.45, 7) is 4.88. The van der Waals surface area contributed by atoms with Crippen LogP contribution in [0.15, 0.2) is 0 Å². The number of nitrogens with two attached hydrogens (primary N) is 1. The maximum Gasteiger partial charge on any atom is 0.220 e. The molecule has 0 aliphatic rings. The summed E-state index contributed by atoms with van der Waals surface area (Å²) in [6.07, 6.45) is 1.76. The molecule has 0 aliphatic heterocycles. The topological polar surface area (TPSA) is 75.3 Å². The third kappa shape index (κ3) is 8.01. The Morgan fingerprint density at radius 1 is 1.50 bits per heavy atom. The molecule has 0 aliphatic carbocycles. The lowest BCUT2D eigenvalue weighted by Crippen LogP contribution is -2.28. The van der Waals surface area contributed by atoms with Gasteiger partial charge in [-0.25, -0.2) is 0 Å². The highest BCUT2D eigenvalue weighted by atomic mass is 16.3. The van der Waals surface area contributed by atoms with E-state index in [9.17, 15) is 4.79 Å². The number of amides is 1. The summed E-state index contributed by atoms with van der Waals surface area (Å²) in [5.74, 6) is 0.292. The molecule has 14 heavy (non-hydrogen) atoms.